The summed E-state index contributed by atoms with van der Waals surface area (Å²) in [5, 5.41) is 8.98. The molecule has 6 nitrogen and oxygen atoms in total. The minimum Gasteiger partial charge on any atom is -0.464 e. The Labute approximate surface area is 63.2 Å². The van der Waals surface area contributed by atoms with Crippen molar-refractivity contribution in [2.45, 2.75) is 0 Å². The zero-order valence-corrected chi connectivity index (χ0v) is 5.78. The third-order valence-electron chi connectivity index (χ3n) is 0.788. The molecule has 11 heavy (non-hydrogen) atoms. The quantitative estimate of drug-likeness (QED) is 0.382. The minimum absolute atomic E-state index is 0.00171. The van der Waals surface area contributed by atoms with Gasteiger partial charge < -0.3 is 10.8 Å². The van der Waals surface area contributed by atoms with Crippen molar-refractivity contribution < 1.29 is 14.7 Å². The normalized spacial score (nSPS) is 8.36. The maximum absolute atomic E-state index is 10.2. The molecule has 0 aromatic rings. The number of carbonyl (C=O) groups excluding carboxylic acids is 1. The smallest absolute Gasteiger partial charge is 0.426 e. The van der Waals surface area contributed by atoms with E-state index >= 15 is 0 Å². The van der Waals surface area contributed by atoms with Crippen LogP contribution in [0, 0.1) is 0 Å². The van der Waals surface area contributed by atoms with Crippen molar-refractivity contribution >= 4 is 12.1 Å². The van der Waals surface area contributed by atoms with Crippen LogP contribution in [-0.4, -0.2) is 28.8 Å². The fourth-order valence-electron chi connectivity index (χ4n) is 0.434. The van der Waals surface area contributed by atoms with E-state index in [0.29, 0.717) is 5.01 Å². The molecule has 0 fully saturated rings. The number of urea groups is 1. The molecule has 0 radical (unpaired) electrons. The van der Waals surface area contributed by atoms with E-state index in [2.05, 4.69) is 12.3 Å². The van der Waals surface area contributed by atoms with Crippen LogP contribution in [0.3, 0.4) is 0 Å². The second-order valence-corrected chi connectivity index (χ2v) is 1.66. The zero-order chi connectivity index (χ0) is 8.85. The lowest BCUT2D eigenvalue weighted by atomic mass is 10.6. The summed E-state index contributed by atoms with van der Waals surface area (Å²) in [4.78, 5) is 20.4. The number of primary amides is 1. The lowest BCUT2D eigenvalue weighted by Crippen LogP contribution is -2.47. The highest BCUT2D eigenvalue weighted by Gasteiger charge is 2.09. The summed E-state index contributed by atoms with van der Waals surface area (Å²) in [6, 6.07) is -0.922. The molecule has 0 bridgehead atoms. The maximum atomic E-state index is 10.2. The number of hydrogen-bond acceptors (Lipinski definition) is 2. The van der Waals surface area contributed by atoms with Crippen molar-refractivity contribution in [2.24, 2.45) is 5.73 Å². The third kappa shape index (κ3) is 3.79. The van der Waals surface area contributed by atoms with Gasteiger partial charge in [0.1, 0.15) is 0 Å². The highest BCUT2D eigenvalue weighted by Crippen LogP contribution is 1.82. The molecule has 0 aliphatic rings. The van der Waals surface area contributed by atoms with Crippen LogP contribution >= 0.6 is 0 Å². The Kier molecular flexibility index (Phi) is 3.50. The lowest BCUT2D eigenvalue weighted by molar-refractivity contribution is 0.131. The largest absolute Gasteiger partial charge is 0.464 e. The summed E-state index contributed by atoms with van der Waals surface area (Å²) < 4.78 is 0. The number of hydrazine groups is 1. The van der Waals surface area contributed by atoms with Crippen molar-refractivity contribution in [3.63, 3.8) is 0 Å². The van der Waals surface area contributed by atoms with Crippen LogP contribution in [0.25, 0.3) is 0 Å². The lowest BCUT2D eigenvalue weighted by Gasteiger charge is -2.15. The zero-order valence-electron chi connectivity index (χ0n) is 5.78. The number of nitrogens with one attached hydrogen (secondary N) is 1. The monoisotopic (exact) mass is 159 g/mol. The van der Waals surface area contributed by atoms with Gasteiger partial charge >= 0.3 is 12.1 Å². The number of hydrogen-bond donors (Lipinski definition) is 3. The first-order valence-corrected chi connectivity index (χ1v) is 2.75. The molecule has 0 saturated carbocycles. The third-order valence-corrected chi connectivity index (χ3v) is 0.788. The predicted molar refractivity (Wildman–Crippen MR) is 37.6 cm³/mol. The molecule has 4 N–H and O–H groups in total. The van der Waals surface area contributed by atoms with Gasteiger partial charge in [-0.25, -0.2) is 20.0 Å². The molecule has 6 heteroatoms. The average Bonchev–Trinajstić information content (AvgIpc) is 1.86. The topological polar surface area (TPSA) is 95.7 Å². The highest BCUT2D eigenvalue weighted by atomic mass is 16.4. The number of nitrogens with zero attached hydrogens (tertiary/aromatic N) is 1. The molecule has 0 unspecified atom stereocenters. The molecule has 0 aromatic carbocycles. The molecular formula is C5H9N3O3. The van der Waals surface area contributed by atoms with E-state index in [0.717, 1.165) is 0 Å². The van der Waals surface area contributed by atoms with E-state index in [9.17, 15) is 9.59 Å². The summed E-state index contributed by atoms with van der Waals surface area (Å²) in [7, 11) is 0. The van der Waals surface area contributed by atoms with Gasteiger partial charge in [0.05, 0.1) is 6.54 Å². The van der Waals surface area contributed by atoms with Gasteiger partial charge in [-0.15, -0.1) is 6.58 Å². The van der Waals surface area contributed by atoms with Crippen molar-refractivity contribution in [3.05, 3.63) is 12.7 Å². The predicted octanol–water partition coefficient (Wildman–Crippen LogP) is -0.264. The fourth-order valence-corrected chi connectivity index (χ4v) is 0.434. The van der Waals surface area contributed by atoms with Crippen LogP contribution in [0.4, 0.5) is 9.59 Å². The molecule has 0 heterocycles. The molecule has 0 saturated heterocycles. The van der Waals surface area contributed by atoms with Crippen molar-refractivity contribution in [1.29, 1.82) is 0 Å². The Balaban J connectivity index is 3.99. The molecule has 0 aliphatic carbocycles. The average molecular weight is 159 g/mol. The molecule has 0 atom stereocenters. The highest BCUT2D eigenvalue weighted by molar-refractivity contribution is 5.75. The standard InChI is InChI=1S/C5H9N3O3/c1-2-3-8(5(10)11)7-4(6)9/h2H,1,3H2,(H,10,11)(H3,6,7,9). The van der Waals surface area contributed by atoms with E-state index in [1.54, 1.807) is 0 Å². The summed E-state index contributed by atoms with van der Waals surface area (Å²) in [5.74, 6) is 0. The van der Waals surface area contributed by atoms with Gasteiger partial charge in [0.15, 0.2) is 0 Å². The van der Waals surface area contributed by atoms with E-state index in [1.165, 1.54) is 6.08 Å². The molecule has 62 valence electrons. The molecule has 0 rings (SSSR count). The van der Waals surface area contributed by atoms with Crippen LogP contribution in [0.1, 0.15) is 0 Å². The molecule has 3 amide bonds. The van der Waals surface area contributed by atoms with Gasteiger partial charge in [0.2, 0.25) is 0 Å². The van der Waals surface area contributed by atoms with Gasteiger partial charge in [-0.05, 0) is 0 Å². The van der Waals surface area contributed by atoms with E-state index < -0.39 is 12.1 Å². The van der Waals surface area contributed by atoms with Crippen molar-refractivity contribution in [3.8, 4) is 0 Å². The van der Waals surface area contributed by atoms with Crippen LogP contribution < -0.4 is 11.2 Å². The number of nitrogens with two attached hydrogens (primary N) is 1. The second-order valence-electron chi connectivity index (χ2n) is 1.66. The molecule has 0 aliphatic heterocycles. The maximum Gasteiger partial charge on any atom is 0.426 e. The molecular weight excluding hydrogens is 150 g/mol. The van der Waals surface area contributed by atoms with E-state index in [4.69, 9.17) is 5.11 Å². The Bertz CT molecular complexity index is 180. The second kappa shape index (κ2) is 4.15. The number of carbonyl (C=O) groups is 2. The summed E-state index contributed by atoms with van der Waals surface area (Å²) in [6.45, 7) is 3.29. The number of rotatable bonds is 2. The summed E-state index contributed by atoms with van der Waals surface area (Å²) >= 11 is 0. The summed E-state index contributed by atoms with van der Waals surface area (Å²) in [5.41, 5.74) is 6.55. The van der Waals surface area contributed by atoms with Crippen molar-refractivity contribution in [2.75, 3.05) is 6.54 Å². The first kappa shape index (κ1) is 9.28. The summed E-state index contributed by atoms with van der Waals surface area (Å²) in [6.07, 6.45) is 0.0352. The van der Waals surface area contributed by atoms with Crippen LogP contribution in [-0.2, 0) is 0 Å². The first-order chi connectivity index (χ1) is 5.07. The Hall–Kier alpha value is -1.72. The Morgan fingerprint density at radius 1 is 1.73 bits per heavy atom. The van der Waals surface area contributed by atoms with Crippen LogP contribution in [0.15, 0.2) is 12.7 Å². The van der Waals surface area contributed by atoms with Gasteiger partial charge in [-0.2, -0.15) is 0 Å². The fraction of sp³-hybridized carbons (Fsp3) is 0.200. The van der Waals surface area contributed by atoms with E-state index in [1.807, 2.05) is 5.43 Å². The Morgan fingerprint density at radius 2 is 2.27 bits per heavy atom. The van der Waals surface area contributed by atoms with E-state index in [-0.39, 0.29) is 6.54 Å². The van der Waals surface area contributed by atoms with Gasteiger partial charge in [-0.3, -0.25) is 0 Å². The van der Waals surface area contributed by atoms with Gasteiger partial charge in [0, 0.05) is 0 Å². The van der Waals surface area contributed by atoms with Crippen LogP contribution in [0.2, 0.25) is 0 Å². The first-order valence-electron chi connectivity index (χ1n) is 2.75. The van der Waals surface area contributed by atoms with Gasteiger partial charge in [0.25, 0.3) is 0 Å². The number of amides is 3. The van der Waals surface area contributed by atoms with Crippen molar-refractivity contribution in [1.82, 2.24) is 10.4 Å². The number of carboxylic acid groups (broad SMARTS) is 1. The SMILES string of the molecule is C=CCN(NC(N)=O)C(=O)O. The molecule has 0 aromatic heterocycles. The Morgan fingerprint density at radius 3 is 2.55 bits per heavy atom. The minimum atomic E-state index is -1.29. The molecule has 0 spiro atoms. The van der Waals surface area contributed by atoms with Crippen LogP contribution in [0.5, 0.6) is 0 Å². The van der Waals surface area contributed by atoms with Gasteiger partial charge in [-0.1, -0.05) is 6.08 Å².